The Balaban J connectivity index is 1.51. The van der Waals surface area contributed by atoms with Gasteiger partial charge >= 0.3 is 0 Å². The van der Waals surface area contributed by atoms with Gasteiger partial charge in [0.25, 0.3) is 18.2 Å². The molecule has 4 aromatic rings. The maximum atomic E-state index is 14.4. The van der Waals surface area contributed by atoms with E-state index in [2.05, 4.69) is 20.6 Å². The van der Waals surface area contributed by atoms with Crippen LogP contribution in [0.15, 0.2) is 72.4 Å². The van der Waals surface area contributed by atoms with Crippen LogP contribution in [0.25, 0.3) is 0 Å². The first kappa shape index (κ1) is 34.7. The summed E-state index contributed by atoms with van der Waals surface area (Å²) in [5, 5.41) is 19.7. The monoisotopic (exact) mass is 653 g/mol. The van der Waals surface area contributed by atoms with E-state index in [1.165, 1.54) is 49.4 Å². The van der Waals surface area contributed by atoms with E-state index >= 15 is 0 Å². The van der Waals surface area contributed by atoms with E-state index in [0.29, 0.717) is 10.6 Å². The zero-order valence-corrected chi connectivity index (χ0v) is 27.0. The van der Waals surface area contributed by atoms with Crippen molar-refractivity contribution in [3.63, 3.8) is 0 Å². The average Bonchev–Trinajstić information content (AvgIpc) is 3.44. The van der Waals surface area contributed by atoms with Crippen LogP contribution in [0, 0.1) is 6.92 Å². The Hall–Kier alpha value is -4.13. The molecule has 0 radical (unpaired) electrons. The van der Waals surface area contributed by atoms with Crippen molar-refractivity contribution in [3.05, 3.63) is 116 Å². The van der Waals surface area contributed by atoms with Gasteiger partial charge in [0.15, 0.2) is 0 Å². The molecule has 12 heteroatoms. The van der Waals surface area contributed by atoms with Crippen LogP contribution in [0.5, 0.6) is 0 Å². The highest BCUT2D eigenvalue weighted by molar-refractivity contribution is 7.09. The van der Waals surface area contributed by atoms with Gasteiger partial charge in [-0.25, -0.2) is 18.2 Å². The first-order valence-electron chi connectivity index (χ1n) is 14.8. The topological polar surface area (TPSA) is 107 Å². The molecule has 0 aliphatic heterocycles. The summed E-state index contributed by atoms with van der Waals surface area (Å²) in [5.74, 6) is -1.25. The van der Waals surface area contributed by atoms with E-state index in [4.69, 9.17) is 0 Å². The molecule has 0 saturated heterocycles. The number of amides is 2. The Labute approximate surface area is 270 Å². The molecular formula is C34H38F3N5O3S. The van der Waals surface area contributed by atoms with E-state index in [-0.39, 0.29) is 37.2 Å². The van der Waals surface area contributed by atoms with Crippen molar-refractivity contribution in [2.75, 3.05) is 13.6 Å². The third kappa shape index (κ3) is 9.68. The average molecular weight is 654 g/mol. The summed E-state index contributed by atoms with van der Waals surface area (Å²) in [6.45, 7) is 5.25. The minimum Gasteiger partial charge on any atom is -0.390 e. The largest absolute Gasteiger partial charge is 0.390 e. The molecule has 2 heterocycles. The lowest BCUT2D eigenvalue weighted by atomic mass is 9.99. The predicted molar refractivity (Wildman–Crippen MR) is 172 cm³/mol. The summed E-state index contributed by atoms with van der Waals surface area (Å²) < 4.78 is 42.2. The van der Waals surface area contributed by atoms with Crippen molar-refractivity contribution in [1.82, 2.24) is 25.5 Å². The van der Waals surface area contributed by atoms with Crippen molar-refractivity contribution >= 4 is 23.2 Å². The summed E-state index contributed by atoms with van der Waals surface area (Å²) in [6, 6.07) is 13.5. The molecule has 0 bridgehead atoms. The Bertz CT molecular complexity index is 1630. The molecule has 244 valence electrons. The number of aliphatic hydroxyl groups is 1. The van der Waals surface area contributed by atoms with Crippen LogP contribution in [0.1, 0.15) is 73.9 Å². The van der Waals surface area contributed by atoms with Gasteiger partial charge in [-0.2, -0.15) is 0 Å². The molecule has 0 aliphatic rings. The van der Waals surface area contributed by atoms with Crippen LogP contribution in [-0.2, 0) is 25.2 Å². The smallest absolute Gasteiger partial charge is 0.263 e. The number of hydrogen-bond acceptors (Lipinski definition) is 7. The molecule has 3 N–H and O–H groups in total. The van der Waals surface area contributed by atoms with Gasteiger partial charge in [-0.15, -0.1) is 11.3 Å². The number of aryl methyl sites for hydroxylation is 1. The number of carbonyl (C=O) groups is 2. The predicted octanol–water partition coefficient (Wildman–Crippen LogP) is 5.75. The normalized spacial score (nSPS) is 13.0. The summed E-state index contributed by atoms with van der Waals surface area (Å²) in [7, 11) is 1.54. The third-order valence-electron chi connectivity index (χ3n) is 7.35. The second-order valence-electron chi connectivity index (χ2n) is 11.7. The number of halogens is 3. The Morgan fingerprint density at radius 3 is 2.41 bits per heavy atom. The number of carbonyl (C=O) groups excluding carboxylic acids is 2. The SMILES string of the molecule is Cc1csc(CN(C)C(=O)c2cc(C(=O)N[C@@H](Cc3ccccc3)[C@H](O)CNCc3cncc(C(C)(C)F)c3)cc(C(F)F)c2)n1. The van der Waals surface area contributed by atoms with Gasteiger partial charge in [-0.1, -0.05) is 30.3 Å². The maximum absolute atomic E-state index is 14.4. The summed E-state index contributed by atoms with van der Waals surface area (Å²) in [5.41, 5.74) is 0.574. The fraction of sp³-hybridized carbons (Fsp3) is 0.353. The molecule has 0 unspecified atom stereocenters. The first-order valence-corrected chi connectivity index (χ1v) is 15.6. The quantitative estimate of drug-likeness (QED) is 0.160. The number of rotatable bonds is 14. The molecule has 2 aromatic carbocycles. The number of hydrogen-bond donors (Lipinski definition) is 3. The van der Waals surface area contributed by atoms with Gasteiger partial charge in [0.1, 0.15) is 10.7 Å². The fourth-order valence-electron chi connectivity index (χ4n) is 4.82. The number of pyridine rings is 1. The van der Waals surface area contributed by atoms with Gasteiger partial charge in [-0.3, -0.25) is 14.6 Å². The summed E-state index contributed by atoms with van der Waals surface area (Å²) in [6.07, 6.45) is -0.700. The van der Waals surface area contributed by atoms with Crippen molar-refractivity contribution in [2.45, 2.75) is 64.5 Å². The van der Waals surface area contributed by atoms with Crippen molar-refractivity contribution < 1.29 is 27.9 Å². The minimum atomic E-state index is -2.92. The van der Waals surface area contributed by atoms with Crippen LogP contribution in [0.3, 0.4) is 0 Å². The number of nitrogens with zero attached hydrogens (tertiary/aromatic N) is 3. The molecular weight excluding hydrogens is 615 g/mol. The highest BCUT2D eigenvalue weighted by Gasteiger charge is 2.25. The highest BCUT2D eigenvalue weighted by Crippen LogP contribution is 2.25. The van der Waals surface area contributed by atoms with Crippen LogP contribution in [-0.4, -0.2) is 57.5 Å². The van der Waals surface area contributed by atoms with E-state index in [1.807, 2.05) is 42.6 Å². The Kier molecular flexibility index (Phi) is 11.7. The lowest BCUT2D eigenvalue weighted by molar-refractivity contribution is 0.0784. The zero-order chi connectivity index (χ0) is 33.4. The molecule has 46 heavy (non-hydrogen) atoms. The van der Waals surface area contributed by atoms with Gasteiger partial charge in [0.2, 0.25) is 0 Å². The van der Waals surface area contributed by atoms with Crippen LogP contribution in [0.2, 0.25) is 0 Å². The van der Waals surface area contributed by atoms with Gasteiger partial charge in [0, 0.05) is 65.9 Å². The Morgan fingerprint density at radius 2 is 1.76 bits per heavy atom. The summed E-state index contributed by atoms with van der Waals surface area (Å²) >= 11 is 1.39. The number of thiazole rings is 1. The van der Waals surface area contributed by atoms with Gasteiger partial charge in [0.05, 0.1) is 18.7 Å². The maximum Gasteiger partial charge on any atom is 0.263 e. The first-order chi connectivity index (χ1) is 21.8. The zero-order valence-electron chi connectivity index (χ0n) is 26.1. The van der Waals surface area contributed by atoms with E-state index in [1.54, 1.807) is 12.3 Å². The molecule has 4 rings (SSSR count). The highest BCUT2D eigenvalue weighted by atomic mass is 32.1. The molecule has 0 aliphatic carbocycles. The number of benzene rings is 2. The number of alkyl halides is 3. The molecule has 2 aromatic heterocycles. The standard InChI is InChI=1S/C34H38F3N5O3S/c1-21-20-46-30(40-21)19-42(4)33(45)26-13-24(31(35)36)12-25(14-26)32(44)41-28(11-22-8-6-5-7-9-22)29(43)18-39-16-23-10-27(17-38-15-23)34(2,3)37/h5-10,12-15,17,20,28-29,31,39,43H,11,16,18-19H2,1-4H3,(H,41,44)/t28-,29+/m0/s1. The van der Waals surface area contributed by atoms with E-state index < -0.39 is 41.6 Å². The van der Waals surface area contributed by atoms with Crippen molar-refractivity contribution in [3.8, 4) is 0 Å². The van der Waals surface area contributed by atoms with Crippen LogP contribution >= 0.6 is 11.3 Å². The molecule has 0 saturated carbocycles. The van der Waals surface area contributed by atoms with Crippen molar-refractivity contribution in [1.29, 1.82) is 0 Å². The minimum absolute atomic E-state index is 0.0584. The second-order valence-corrected chi connectivity index (χ2v) is 12.7. The van der Waals surface area contributed by atoms with Crippen LogP contribution in [0.4, 0.5) is 13.2 Å². The molecule has 8 nitrogen and oxygen atoms in total. The van der Waals surface area contributed by atoms with Crippen LogP contribution < -0.4 is 10.6 Å². The van der Waals surface area contributed by atoms with Gasteiger partial charge < -0.3 is 20.6 Å². The Morgan fingerprint density at radius 1 is 1.04 bits per heavy atom. The van der Waals surface area contributed by atoms with Gasteiger partial charge in [-0.05, 0) is 62.6 Å². The third-order valence-corrected chi connectivity index (χ3v) is 8.30. The van der Waals surface area contributed by atoms with E-state index in [0.717, 1.165) is 29.0 Å². The van der Waals surface area contributed by atoms with E-state index in [9.17, 15) is 27.9 Å². The number of nitrogens with one attached hydrogen (secondary N) is 2. The molecule has 0 spiro atoms. The fourth-order valence-corrected chi connectivity index (χ4v) is 5.65. The molecule has 0 fully saturated rings. The molecule has 2 atom stereocenters. The second kappa shape index (κ2) is 15.4. The number of aliphatic hydroxyl groups excluding tert-OH is 1. The summed E-state index contributed by atoms with van der Waals surface area (Å²) in [4.78, 5) is 36.6. The number of aromatic nitrogens is 2. The lowest BCUT2D eigenvalue weighted by Crippen LogP contribution is -2.48. The molecule has 2 amide bonds. The lowest BCUT2D eigenvalue weighted by Gasteiger charge is -2.25. The van der Waals surface area contributed by atoms with Crippen molar-refractivity contribution in [2.24, 2.45) is 0 Å².